The Balaban J connectivity index is 0.00000364. The fraction of sp³-hybridized carbons (Fsp3) is 0.789. The molecule has 0 atom stereocenters. The van der Waals surface area contributed by atoms with Crippen molar-refractivity contribution in [3.8, 4) is 0 Å². The van der Waals surface area contributed by atoms with Crippen molar-refractivity contribution >= 4 is 29.9 Å². The second-order valence-corrected chi connectivity index (χ2v) is 7.19. The Kier molecular flexibility index (Phi) is 11.9. The maximum absolute atomic E-state index is 4.70. The standard InChI is InChI=1S/C19H37N7.HI/c1-5-20-19(21-8-6-12-26-18(3)16-17(2)23-26)22-9-13-25-11-7-10-24(4)14-15-25;/h16H,5-15H2,1-4H3,(H2,20,21,22);1H. The van der Waals surface area contributed by atoms with Crippen LogP contribution in [0.4, 0.5) is 0 Å². The molecule has 0 bridgehead atoms. The Bertz CT molecular complexity index is 558. The maximum atomic E-state index is 4.70. The normalized spacial score (nSPS) is 16.7. The zero-order valence-electron chi connectivity index (χ0n) is 17.5. The second-order valence-electron chi connectivity index (χ2n) is 7.19. The lowest BCUT2D eigenvalue weighted by molar-refractivity contribution is 0.280. The van der Waals surface area contributed by atoms with Gasteiger partial charge in [-0.05, 0) is 59.8 Å². The summed E-state index contributed by atoms with van der Waals surface area (Å²) in [7, 11) is 2.21. The first kappa shape index (κ1) is 24.2. The highest BCUT2D eigenvalue weighted by Gasteiger charge is 2.11. The number of nitrogens with one attached hydrogen (secondary N) is 2. The lowest BCUT2D eigenvalue weighted by Gasteiger charge is -2.21. The van der Waals surface area contributed by atoms with Crippen molar-refractivity contribution in [1.29, 1.82) is 0 Å². The first-order valence-corrected chi connectivity index (χ1v) is 10.0. The maximum Gasteiger partial charge on any atom is 0.191 e. The Morgan fingerprint density at radius 1 is 1.15 bits per heavy atom. The summed E-state index contributed by atoms with van der Waals surface area (Å²) < 4.78 is 2.07. The van der Waals surface area contributed by atoms with Gasteiger partial charge in [-0.1, -0.05) is 0 Å². The van der Waals surface area contributed by atoms with Crippen molar-refractivity contribution in [2.75, 3.05) is 59.4 Å². The smallest absolute Gasteiger partial charge is 0.191 e. The van der Waals surface area contributed by atoms with Gasteiger partial charge in [-0.25, -0.2) is 0 Å². The Morgan fingerprint density at radius 3 is 2.67 bits per heavy atom. The lowest BCUT2D eigenvalue weighted by Crippen LogP contribution is -2.42. The zero-order valence-corrected chi connectivity index (χ0v) is 19.8. The van der Waals surface area contributed by atoms with Crippen molar-refractivity contribution in [2.24, 2.45) is 4.99 Å². The van der Waals surface area contributed by atoms with E-state index in [9.17, 15) is 0 Å². The molecule has 7 nitrogen and oxygen atoms in total. The van der Waals surface area contributed by atoms with Crippen molar-refractivity contribution in [3.63, 3.8) is 0 Å². The van der Waals surface area contributed by atoms with Gasteiger partial charge in [-0.2, -0.15) is 5.10 Å². The second kappa shape index (κ2) is 13.3. The number of guanidine groups is 1. The molecule has 0 saturated carbocycles. The summed E-state index contributed by atoms with van der Waals surface area (Å²) >= 11 is 0. The molecule has 27 heavy (non-hydrogen) atoms. The molecule has 0 spiro atoms. The van der Waals surface area contributed by atoms with E-state index in [4.69, 9.17) is 4.99 Å². The summed E-state index contributed by atoms with van der Waals surface area (Å²) in [6.07, 6.45) is 2.26. The molecule has 2 N–H and O–H groups in total. The van der Waals surface area contributed by atoms with E-state index in [-0.39, 0.29) is 24.0 Å². The van der Waals surface area contributed by atoms with E-state index in [1.54, 1.807) is 0 Å². The average molecular weight is 491 g/mol. The summed E-state index contributed by atoms with van der Waals surface area (Å²) in [4.78, 5) is 9.67. The fourth-order valence-corrected chi connectivity index (χ4v) is 3.31. The zero-order chi connectivity index (χ0) is 18.8. The third-order valence-corrected chi connectivity index (χ3v) is 4.78. The SMILES string of the molecule is CCNC(=NCCCn1nc(C)cc1C)NCCN1CCCN(C)CC1.I. The van der Waals surface area contributed by atoms with Gasteiger partial charge in [0.25, 0.3) is 0 Å². The van der Waals surface area contributed by atoms with Crippen LogP contribution < -0.4 is 10.6 Å². The third kappa shape index (κ3) is 9.25. The van der Waals surface area contributed by atoms with Gasteiger partial charge in [-0.15, -0.1) is 24.0 Å². The molecule has 156 valence electrons. The molecule has 1 aromatic rings. The van der Waals surface area contributed by atoms with E-state index in [0.29, 0.717) is 0 Å². The minimum Gasteiger partial charge on any atom is -0.357 e. The van der Waals surface area contributed by atoms with E-state index in [1.165, 1.54) is 31.7 Å². The molecular weight excluding hydrogens is 453 g/mol. The molecule has 0 aromatic carbocycles. The molecule has 0 unspecified atom stereocenters. The van der Waals surface area contributed by atoms with Crippen LogP contribution in [0.3, 0.4) is 0 Å². The number of aromatic nitrogens is 2. The number of aryl methyl sites for hydroxylation is 3. The molecule has 0 aliphatic carbocycles. The molecule has 8 heteroatoms. The predicted molar refractivity (Wildman–Crippen MR) is 124 cm³/mol. The number of hydrogen-bond acceptors (Lipinski definition) is 4. The van der Waals surface area contributed by atoms with Crippen LogP contribution in [0.2, 0.25) is 0 Å². The quantitative estimate of drug-likeness (QED) is 0.251. The summed E-state index contributed by atoms with van der Waals surface area (Å²) in [6, 6.07) is 2.12. The highest BCUT2D eigenvalue weighted by molar-refractivity contribution is 14.0. The molecule has 0 amide bonds. The van der Waals surface area contributed by atoms with Crippen molar-refractivity contribution in [3.05, 3.63) is 17.5 Å². The van der Waals surface area contributed by atoms with Crippen LogP contribution in [0, 0.1) is 13.8 Å². The Labute approximate surface area is 182 Å². The van der Waals surface area contributed by atoms with Gasteiger partial charge >= 0.3 is 0 Å². The van der Waals surface area contributed by atoms with Crippen LogP contribution in [0.25, 0.3) is 0 Å². The van der Waals surface area contributed by atoms with Gasteiger partial charge in [0.1, 0.15) is 0 Å². The predicted octanol–water partition coefficient (Wildman–Crippen LogP) is 1.70. The first-order valence-electron chi connectivity index (χ1n) is 10.0. The van der Waals surface area contributed by atoms with Gasteiger partial charge in [0, 0.05) is 51.5 Å². The highest BCUT2D eigenvalue weighted by Crippen LogP contribution is 2.03. The van der Waals surface area contributed by atoms with Gasteiger partial charge in [0.2, 0.25) is 0 Å². The molecular formula is C19H38IN7. The van der Waals surface area contributed by atoms with Crippen LogP contribution in [0.1, 0.15) is 31.2 Å². The minimum atomic E-state index is 0. The molecule has 1 saturated heterocycles. The molecule has 0 radical (unpaired) electrons. The summed E-state index contributed by atoms with van der Waals surface area (Å²) in [5.41, 5.74) is 2.31. The Morgan fingerprint density at radius 2 is 1.96 bits per heavy atom. The van der Waals surface area contributed by atoms with Crippen molar-refractivity contribution < 1.29 is 0 Å². The van der Waals surface area contributed by atoms with Crippen LogP contribution in [-0.2, 0) is 6.54 Å². The topological polar surface area (TPSA) is 60.7 Å². The van der Waals surface area contributed by atoms with Crippen LogP contribution >= 0.6 is 24.0 Å². The van der Waals surface area contributed by atoms with Gasteiger partial charge < -0.3 is 20.4 Å². The van der Waals surface area contributed by atoms with Crippen LogP contribution in [-0.4, -0.2) is 84.9 Å². The largest absolute Gasteiger partial charge is 0.357 e. The van der Waals surface area contributed by atoms with Gasteiger partial charge in [0.05, 0.1) is 5.69 Å². The highest BCUT2D eigenvalue weighted by atomic mass is 127. The number of nitrogens with zero attached hydrogens (tertiary/aromatic N) is 5. The summed E-state index contributed by atoms with van der Waals surface area (Å²) in [5, 5.41) is 11.3. The number of rotatable bonds is 8. The molecule has 1 aromatic heterocycles. The van der Waals surface area contributed by atoms with E-state index < -0.39 is 0 Å². The monoisotopic (exact) mass is 491 g/mol. The number of aliphatic imine (C=N–C) groups is 1. The summed E-state index contributed by atoms with van der Waals surface area (Å²) in [5.74, 6) is 0.924. The van der Waals surface area contributed by atoms with E-state index >= 15 is 0 Å². The third-order valence-electron chi connectivity index (χ3n) is 4.78. The first-order chi connectivity index (χ1) is 12.6. The average Bonchev–Trinajstić information content (AvgIpc) is 2.79. The fourth-order valence-electron chi connectivity index (χ4n) is 3.31. The van der Waals surface area contributed by atoms with E-state index in [1.807, 2.05) is 6.92 Å². The molecule has 1 aliphatic heterocycles. The molecule has 1 fully saturated rings. The van der Waals surface area contributed by atoms with Crippen molar-refractivity contribution in [2.45, 2.75) is 40.2 Å². The molecule has 2 heterocycles. The van der Waals surface area contributed by atoms with Crippen molar-refractivity contribution in [1.82, 2.24) is 30.2 Å². The van der Waals surface area contributed by atoms with Crippen LogP contribution in [0.5, 0.6) is 0 Å². The summed E-state index contributed by atoms with van der Waals surface area (Å²) in [6.45, 7) is 15.6. The lowest BCUT2D eigenvalue weighted by atomic mass is 10.4. The molecule has 1 aliphatic rings. The Hall–Kier alpha value is -0.870. The number of halogens is 1. The number of hydrogen-bond donors (Lipinski definition) is 2. The van der Waals surface area contributed by atoms with E-state index in [0.717, 1.165) is 57.3 Å². The molecule has 2 rings (SSSR count). The van der Waals surface area contributed by atoms with E-state index in [2.05, 4.69) is 57.2 Å². The van der Waals surface area contributed by atoms with Crippen LogP contribution in [0.15, 0.2) is 11.1 Å². The number of likely N-dealkylation sites (N-methyl/N-ethyl adjacent to an activating group) is 1. The van der Waals surface area contributed by atoms with Gasteiger partial charge in [-0.3, -0.25) is 9.67 Å². The minimum absolute atomic E-state index is 0. The van der Waals surface area contributed by atoms with Gasteiger partial charge in [0.15, 0.2) is 5.96 Å².